The maximum Gasteiger partial charge on any atom is 0.165 e. The number of piperidine rings is 1. The van der Waals surface area contributed by atoms with Crippen LogP contribution in [0.4, 0.5) is 0 Å². The minimum absolute atomic E-state index is 0.0767. The molecule has 1 aliphatic rings. The molecule has 104 valence electrons. The van der Waals surface area contributed by atoms with Gasteiger partial charge in [0.05, 0.1) is 11.6 Å². The average Bonchev–Trinajstić information content (AvgIpc) is 2.45. The summed E-state index contributed by atoms with van der Waals surface area (Å²) in [4.78, 5) is 14.4. The van der Waals surface area contributed by atoms with Crippen molar-refractivity contribution >= 4 is 17.4 Å². The number of ketones is 1. The number of nitrogens with zero attached hydrogens (tertiary/aromatic N) is 1. The molecule has 1 aromatic rings. The summed E-state index contributed by atoms with van der Waals surface area (Å²) in [7, 11) is 0. The van der Waals surface area contributed by atoms with Crippen molar-refractivity contribution in [3.05, 3.63) is 34.9 Å². The molecule has 0 aromatic heterocycles. The van der Waals surface area contributed by atoms with Gasteiger partial charge in [-0.2, -0.15) is 0 Å². The molecule has 4 heteroatoms. The largest absolute Gasteiger partial charge is 0.395 e. The van der Waals surface area contributed by atoms with Crippen molar-refractivity contribution < 1.29 is 9.90 Å². The molecule has 0 bridgehead atoms. The number of hydrogen-bond acceptors (Lipinski definition) is 3. The predicted molar refractivity (Wildman–Crippen MR) is 76.7 cm³/mol. The second kappa shape index (κ2) is 7.04. The number of carbonyl (C=O) groups excluding carboxylic acids is 1. The van der Waals surface area contributed by atoms with Crippen LogP contribution in [-0.2, 0) is 0 Å². The van der Waals surface area contributed by atoms with Gasteiger partial charge in [-0.1, -0.05) is 30.2 Å². The van der Waals surface area contributed by atoms with Crippen LogP contribution in [0.3, 0.4) is 0 Å². The van der Waals surface area contributed by atoms with Gasteiger partial charge in [0.15, 0.2) is 5.78 Å². The van der Waals surface area contributed by atoms with Crippen molar-refractivity contribution in [2.24, 2.45) is 0 Å². The van der Waals surface area contributed by atoms with Crippen molar-refractivity contribution in [2.75, 3.05) is 19.7 Å². The highest BCUT2D eigenvalue weighted by molar-refractivity contribution is 6.33. The summed E-state index contributed by atoms with van der Waals surface area (Å²) in [6.45, 7) is 1.86. The summed E-state index contributed by atoms with van der Waals surface area (Å²) in [5.74, 6) is 0.0767. The zero-order valence-electron chi connectivity index (χ0n) is 11.0. The lowest BCUT2D eigenvalue weighted by Crippen LogP contribution is -2.42. The molecule has 0 amide bonds. The summed E-state index contributed by atoms with van der Waals surface area (Å²) in [5.41, 5.74) is 0.599. The number of hydrogen-bond donors (Lipinski definition) is 1. The van der Waals surface area contributed by atoms with Gasteiger partial charge in [-0.25, -0.2) is 0 Å². The first-order valence-electron chi connectivity index (χ1n) is 6.85. The predicted octanol–water partition coefficient (Wildman–Crippen LogP) is 2.76. The Kier molecular flexibility index (Phi) is 5.37. The third-order valence-corrected chi connectivity index (χ3v) is 4.09. The van der Waals surface area contributed by atoms with Crippen molar-refractivity contribution in [3.63, 3.8) is 0 Å². The van der Waals surface area contributed by atoms with Crippen molar-refractivity contribution in [3.8, 4) is 0 Å². The molecule has 0 saturated carbocycles. The first kappa shape index (κ1) is 14.5. The summed E-state index contributed by atoms with van der Waals surface area (Å²) < 4.78 is 0. The summed E-state index contributed by atoms with van der Waals surface area (Å²) in [6, 6.07) is 7.38. The van der Waals surface area contributed by atoms with E-state index < -0.39 is 0 Å². The molecule has 0 radical (unpaired) electrons. The number of likely N-dealkylation sites (tertiary alicyclic amines) is 1. The SMILES string of the molecule is O=C(CCN1CCCCC1CO)c1ccccc1Cl. The molecular weight excluding hydrogens is 262 g/mol. The van der Waals surface area contributed by atoms with Crippen molar-refractivity contribution in [1.82, 2.24) is 4.90 Å². The number of halogens is 1. The molecule has 0 spiro atoms. The minimum Gasteiger partial charge on any atom is -0.395 e. The van der Waals surface area contributed by atoms with E-state index in [0.717, 1.165) is 19.4 Å². The Balaban J connectivity index is 1.91. The Morgan fingerprint density at radius 3 is 2.89 bits per heavy atom. The Labute approximate surface area is 119 Å². The van der Waals surface area contributed by atoms with E-state index in [4.69, 9.17) is 11.6 Å². The van der Waals surface area contributed by atoms with Crippen LogP contribution >= 0.6 is 11.6 Å². The molecule has 2 rings (SSSR count). The molecule has 1 unspecified atom stereocenters. The highest BCUT2D eigenvalue weighted by Crippen LogP contribution is 2.19. The van der Waals surface area contributed by atoms with Crippen LogP contribution < -0.4 is 0 Å². The second-order valence-corrected chi connectivity index (χ2v) is 5.43. The number of benzene rings is 1. The number of carbonyl (C=O) groups is 1. The maximum absolute atomic E-state index is 12.1. The van der Waals surface area contributed by atoms with Gasteiger partial charge in [0.2, 0.25) is 0 Å². The molecule has 1 aromatic carbocycles. The van der Waals surface area contributed by atoms with Crippen molar-refractivity contribution in [2.45, 2.75) is 31.7 Å². The van der Waals surface area contributed by atoms with E-state index in [0.29, 0.717) is 23.6 Å². The van der Waals surface area contributed by atoms with E-state index in [1.54, 1.807) is 12.1 Å². The van der Waals surface area contributed by atoms with E-state index >= 15 is 0 Å². The standard InChI is InChI=1S/C15H20ClNO2/c16-14-7-2-1-6-13(14)15(19)8-10-17-9-4-3-5-12(17)11-18/h1-2,6-7,12,18H,3-5,8-11H2. The smallest absolute Gasteiger partial charge is 0.165 e. The highest BCUT2D eigenvalue weighted by Gasteiger charge is 2.22. The first-order valence-corrected chi connectivity index (χ1v) is 7.23. The van der Waals surface area contributed by atoms with E-state index in [9.17, 15) is 9.90 Å². The van der Waals surface area contributed by atoms with Gasteiger partial charge in [-0.3, -0.25) is 9.69 Å². The lowest BCUT2D eigenvalue weighted by Gasteiger charge is -2.34. The molecule has 1 saturated heterocycles. The van der Waals surface area contributed by atoms with Gasteiger partial charge < -0.3 is 5.11 Å². The zero-order valence-corrected chi connectivity index (χ0v) is 11.8. The zero-order chi connectivity index (χ0) is 13.7. The van der Waals surface area contributed by atoms with Crippen LogP contribution in [0.1, 0.15) is 36.0 Å². The number of aliphatic hydroxyl groups excluding tert-OH is 1. The Bertz CT molecular complexity index is 436. The minimum atomic E-state index is 0.0767. The van der Waals surface area contributed by atoms with Crippen LogP contribution in [0.2, 0.25) is 5.02 Å². The molecule has 1 fully saturated rings. The van der Waals surface area contributed by atoms with Gasteiger partial charge >= 0.3 is 0 Å². The van der Waals surface area contributed by atoms with Gasteiger partial charge in [0.25, 0.3) is 0 Å². The lowest BCUT2D eigenvalue weighted by atomic mass is 10.0. The molecule has 1 aliphatic heterocycles. The first-order chi connectivity index (χ1) is 9.22. The maximum atomic E-state index is 12.1. The quantitative estimate of drug-likeness (QED) is 0.844. The molecule has 19 heavy (non-hydrogen) atoms. The molecule has 1 atom stereocenters. The van der Waals surface area contributed by atoms with Crippen LogP contribution in [0.5, 0.6) is 0 Å². The fourth-order valence-corrected chi connectivity index (χ4v) is 2.87. The van der Waals surface area contributed by atoms with E-state index in [1.807, 2.05) is 12.1 Å². The summed E-state index contributed by atoms with van der Waals surface area (Å²) in [6.07, 6.45) is 3.80. The monoisotopic (exact) mass is 281 g/mol. The van der Waals surface area contributed by atoms with Gasteiger partial charge in [0.1, 0.15) is 0 Å². The third kappa shape index (κ3) is 3.78. The van der Waals surface area contributed by atoms with E-state index in [-0.39, 0.29) is 18.4 Å². The molecular formula is C15H20ClNO2. The summed E-state index contributed by atoms with van der Waals surface area (Å²) in [5, 5.41) is 9.86. The van der Waals surface area contributed by atoms with E-state index in [2.05, 4.69) is 4.90 Å². The average molecular weight is 282 g/mol. The van der Waals surface area contributed by atoms with Gasteiger partial charge in [-0.15, -0.1) is 0 Å². The Morgan fingerprint density at radius 1 is 1.37 bits per heavy atom. The number of aliphatic hydroxyl groups is 1. The fourth-order valence-electron chi connectivity index (χ4n) is 2.63. The molecule has 3 nitrogen and oxygen atoms in total. The molecule has 1 N–H and O–H groups in total. The number of rotatable bonds is 5. The Morgan fingerprint density at radius 2 is 2.16 bits per heavy atom. The van der Waals surface area contributed by atoms with Crippen LogP contribution in [0.15, 0.2) is 24.3 Å². The highest BCUT2D eigenvalue weighted by atomic mass is 35.5. The molecule has 1 heterocycles. The van der Waals surface area contributed by atoms with Crippen LogP contribution in [0, 0.1) is 0 Å². The lowest BCUT2D eigenvalue weighted by molar-refractivity contribution is 0.0793. The summed E-state index contributed by atoms with van der Waals surface area (Å²) >= 11 is 6.02. The van der Waals surface area contributed by atoms with E-state index in [1.165, 1.54) is 6.42 Å². The normalized spacial score (nSPS) is 20.4. The van der Waals surface area contributed by atoms with Gasteiger partial charge in [-0.05, 0) is 31.5 Å². The van der Waals surface area contributed by atoms with Crippen LogP contribution in [-0.4, -0.2) is 41.5 Å². The van der Waals surface area contributed by atoms with Gasteiger partial charge in [0, 0.05) is 24.6 Å². The second-order valence-electron chi connectivity index (χ2n) is 5.02. The molecule has 0 aliphatic carbocycles. The third-order valence-electron chi connectivity index (χ3n) is 3.76. The van der Waals surface area contributed by atoms with Crippen LogP contribution in [0.25, 0.3) is 0 Å². The Hall–Kier alpha value is -0.900. The number of Topliss-reactive ketones (excluding diaryl/α,β-unsaturated/α-hetero) is 1. The van der Waals surface area contributed by atoms with Crippen molar-refractivity contribution in [1.29, 1.82) is 0 Å². The topological polar surface area (TPSA) is 40.5 Å². The fraction of sp³-hybridized carbons (Fsp3) is 0.533.